The van der Waals surface area contributed by atoms with Crippen LogP contribution in [0.15, 0.2) is 24.3 Å². The third-order valence-electron chi connectivity index (χ3n) is 3.74. The molecule has 0 aromatic heterocycles. The molecule has 2 amide bonds. The average molecular weight is 332 g/mol. The summed E-state index contributed by atoms with van der Waals surface area (Å²) >= 11 is 0. The smallest absolute Gasteiger partial charge is 0.422 e. The number of benzene rings is 1. The summed E-state index contributed by atoms with van der Waals surface area (Å²) in [5.74, 6) is -0.0393. The van der Waals surface area contributed by atoms with E-state index in [1.165, 1.54) is 18.2 Å². The average Bonchev–Trinajstić information content (AvgIpc) is 2.92. The number of hydrogen-bond acceptors (Lipinski definition) is 3. The second-order valence-electron chi connectivity index (χ2n) is 5.48. The zero-order valence-corrected chi connectivity index (χ0v) is 12.4. The molecule has 0 radical (unpaired) electrons. The Morgan fingerprint density at radius 1 is 1.30 bits per heavy atom. The first kappa shape index (κ1) is 17.4. The number of hydrogen-bond donors (Lipinski definition) is 3. The summed E-state index contributed by atoms with van der Waals surface area (Å²) in [6, 6.07) is 5.26. The fraction of sp³-hybridized carbons (Fsp3) is 0.533. The van der Waals surface area contributed by atoms with Crippen molar-refractivity contribution in [3.63, 3.8) is 0 Å². The lowest BCUT2D eigenvalue weighted by Crippen LogP contribution is -2.41. The van der Waals surface area contributed by atoms with Gasteiger partial charge in [-0.05, 0) is 25.0 Å². The summed E-state index contributed by atoms with van der Waals surface area (Å²) in [5, 5.41) is 14.5. The predicted molar refractivity (Wildman–Crippen MR) is 78.4 cm³/mol. The topological polar surface area (TPSA) is 70.6 Å². The van der Waals surface area contributed by atoms with Gasteiger partial charge >= 0.3 is 12.2 Å². The second-order valence-corrected chi connectivity index (χ2v) is 5.48. The molecule has 2 rings (SSSR count). The molecule has 23 heavy (non-hydrogen) atoms. The van der Waals surface area contributed by atoms with E-state index in [0.29, 0.717) is 0 Å². The highest BCUT2D eigenvalue weighted by Crippen LogP contribution is 2.27. The van der Waals surface area contributed by atoms with Crippen LogP contribution in [0.3, 0.4) is 0 Å². The molecule has 2 unspecified atom stereocenters. The van der Waals surface area contributed by atoms with Crippen LogP contribution < -0.4 is 15.4 Å². The lowest BCUT2D eigenvalue weighted by molar-refractivity contribution is -0.153. The highest BCUT2D eigenvalue weighted by molar-refractivity contribution is 5.91. The summed E-state index contributed by atoms with van der Waals surface area (Å²) in [6.45, 7) is -1.43. The maximum atomic E-state index is 12.2. The normalized spacial score (nSPS) is 21.0. The zero-order chi connectivity index (χ0) is 16.9. The maximum Gasteiger partial charge on any atom is 0.422 e. The summed E-state index contributed by atoms with van der Waals surface area (Å²) in [4.78, 5) is 12.0. The van der Waals surface area contributed by atoms with Crippen molar-refractivity contribution in [3.8, 4) is 5.75 Å². The maximum absolute atomic E-state index is 12.2. The lowest BCUT2D eigenvalue weighted by atomic mass is 10.1. The van der Waals surface area contributed by atoms with Crippen LogP contribution in [0.25, 0.3) is 0 Å². The van der Waals surface area contributed by atoms with Crippen molar-refractivity contribution in [1.29, 1.82) is 0 Å². The Bertz CT molecular complexity index is 537. The van der Waals surface area contributed by atoms with Crippen molar-refractivity contribution in [2.75, 3.05) is 18.5 Å². The number of carbonyl (C=O) groups is 1. The molecule has 2 atom stereocenters. The van der Waals surface area contributed by atoms with Gasteiger partial charge in [0, 0.05) is 18.6 Å². The lowest BCUT2D eigenvalue weighted by Gasteiger charge is -2.20. The third-order valence-corrected chi connectivity index (χ3v) is 3.74. The van der Waals surface area contributed by atoms with Crippen LogP contribution in [0.4, 0.5) is 23.7 Å². The number of halogens is 3. The fourth-order valence-electron chi connectivity index (χ4n) is 2.63. The molecule has 1 aliphatic rings. The van der Waals surface area contributed by atoms with Crippen LogP contribution in [0.2, 0.25) is 0 Å². The van der Waals surface area contributed by atoms with E-state index in [-0.39, 0.29) is 30.0 Å². The molecule has 1 aromatic carbocycles. The van der Waals surface area contributed by atoms with E-state index in [9.17, 15) is 23.1 Å². The van der Waals surface area contributed by atoms with Gasteiger partial charge in [0.2, 0.25) is 0 Å². The Labute approximate surface area is 131 Å². The van der Waals surface area contributed by atoms with E-state index >= 15 is 0 Å². The number of ether oxygens (including phenoxy) is 1. The molecule has 0 heterocycles. The first-order valence-corrected chi connectivity index (χ1v) is 7.36. The summed E-state index contributed by atoms with van der Waals surface area (Å²) < 4.78 is 41.4. The van der Waals surface area contributed by atoms with Gasteiger partial charge in [0.25, 0.3) is 0 Å². The minimum absolute atomic E-state index is 0.00374. The number of nitrogens with one attached hydrogen (secondary N) is 2. The van der Waals surface area contributed by atoms with Gasteiger partial charge in [0.05, 0.1) is 5.69 Å². The van der Waals surface area contributed by atoms with E-state index in [2.05, 4.69) is 10.6 Å². The Balaban J connectivity index is 1.95. The van der Waals surface area contributed by atoms with Gasteiger partial charge < -0.3 is 20.5 Å². The summed E-state index contributed by atoms with van der Waals surface area (Å²) in [7, 11) is 0. The molecule has 0 bridgehead atoms. The van der Waals surface area contributed by atoms with Gasteiger partial charge in [0.1, 0.15) is 5.75 Å². The number of para-hydroxylation sites is 2. The van der Waals surface area contributed by atoms with E-state index < -0.39 is 18.8 Å². The van der Waals surface area contributed by atoms with Gasteiger partial charge in [-0.3, -0.25) is 0 Å². The molecule has 0 spiro atoms. The molecule has 1 aromatic rings. The highest BCUT2D eigenvalue weighted by atomic mass is 19.4. The number of aliphatic hydroxyl groups excluding tert-OH is 1. The van der Waals surface area contributed by atoms with E-state index in [1.54, 1.807) is 6.07 Å². The SMILES string of the molecule is O=C(Nc1ccccc1OCC(F)(F)F)NC1CCCC1CO. The van der Waals surface area contributed by atoms with Gasteiger partial charge in [-0.25, -0.2) is 4.79 Å². The number of carbonyl (C=O) groups excluding carboxylic acids is 1. The van der Waals surface area contributed by atoms with E-state index in [0.717, 1.165) is 19.3 Å². The summed E-state index contributed by atoms with van der Waals surface area (Å²) in [5.41, 5.74) is 0.160. The molecule has 128 valence electrons. The molecule has 8 heteroatoms. The van der Waals surface area contributed by atoms with Crippen molar-refractivity contribution in [3.05, 3.63) is 24.3 Å². The molecule has 0 saturated heterocycles. The van der Waals surface area contributed by atoms with Gasteiger partial charge in [-0.1, -0.05) is 18.6 Å². The van der Waals surface area contributed by atoms with Gasteiger partial charge in [0.15, 0.2) is 6.61 Å². The number of alkyl halides is 3. The van der Waals surface area contributed by atoms with Crippen molar-refractivity contribution in [2.24, 2.45) is 5.92 Å². The Hall–Kier alpha value is -1.96. The predicted octanol–water partition coefficient (Wildman–Crippen LogP) is 2.91. The molecule has 1 saturated carbocycles. The molecule has 0 aliphatic heterocycles. The minimum atomic E-state index is -4.45. The van der Waals surface area contributed by atoms with Crippen LogP contribution in [-0.4, -0.2) is 36.6 Å². The highest BCUT2D eigenvalue weighted by Gasteiger charge is 2.30. The zero-order valence-electron chi connectivity index (χ0n) is 12.4. The van der Waals surface area contributed by atoms with Crippen LogP contribution in [-0.2, 0) is 0 Å². The number of anilines is 1. The van der Waals surface area contributed by atoms with Crippen LogP contribution in [0.1, 0.15) is 19.3 Å². The number of amides is 2. The Kier molecular flexibility index (Phi) is 5.70. The van der Waals surface area contributed by atoms with Crippen LogP contribution in [0, 0.1) is 5.92 Å². The third kappa shape index (κ3) is 5.31. The van der Waals surface area contributed by atoms with Crippen molar-refractivity contribution >= 4 is 11.7 Å². The standard InChI is InChI=1S/C15H19F3N2O3/c16-15(17,18)9-23-13-7-2-1-5-12(13)20-14(22)19-11-6-3-4-10(11)8-21/h1-2,5,7,10-11,21H,3-4,6,8-9H2,(H2,19,20,22). The van der Waals surface area contributed by atoms with Crippen LogP contribution in [0.5, 0.6) is 5.75 Å². The molecule has 1 aliphatic carbocycles. The first-order chi connectivity index (χ1) is 10.9. The largest absolute Gasteiger partial charge is 0.482 e. The van der Waals surface area contributed by atoms with Crippen molar-refractivity contribution < 1.29 is 27.8 Å². The molecular formula is C15H19F3N2O3. The first-order valence-electron chi connectivity index (χ1n) is 7.36. The van der Waals surface area contributed by atoms with Gasteiger partial charge in [-0.15, -0.1) is 0 Å². The van der Waals surface area contributed by atoms with E-state index in [4.69, 9.17) is 4.74 Å². The van der Waals surface area contributed by atoms with Crippen molar-refractivity contribution in [1.82, 2.24) is 5.32 Å². The quantitative estimate of drug-likeness (QED) is 0.776. The minimum Gasteiger partial charge on any atom is -0.482 e. The monoisotopic (exact) mass is 332 g/mol. The van der Waals surface area contributed by atoms with Crippen molar-refractivity contribution in [2.45, 2.75) is 31.5 Å². The fourth-order valence-corrected chi connectivity index (χ4v) is 2.63. The van der Waals surface area contributed by atoms with E-state index in [1.807, 2.05) is 0 Å². The molecule has 1 fully saturated rings. The second kappa shape index (κ2) is 7.54. The number of rotatable bonds is 5. The number of aliphatic hydroxyl groups is 1. The molecule has 3 N–H and O–H groups in total. The summed E-state index contributed by atoms with van der Waals surface area (Å²) in [6.07, 6.45) is -1.92. The Morgan fingerprint density at radius 2 is 2.04 bits per heavy atom. The van der Waals surface area contributed by atoms with Gasteiger partial charge in [-0.2, -0.15) is 13.2 Å². The van der Waals surface area contributed by atoms with Crippen LogP contribution >= 0.6 is 0 Å². The molecular weight excluding hydrogens is 313 g/mol. The Morgan fingerprint density at radius 3 is 2.74 bits per heavy atom. The molecule has 5 nitrogen and oxygen atoms in total. The number of urea groups is 1.